The van der Waals surface area contributed by atoms with E-state index in [1.807, 2.05) is 0 Å². The quantitative estimate of drug-likeness (QED) is 0.297. The maximum Gasteiger partial charge on any atom is 0.350 e. The molecule has 18 heteroatoms. The van der Waals surface area contributed by atoms with Gasteiger partial charge in [0.05, 0.1) is 0 Å². The zero-order chi connectivity index (χ0) is 27.9. The summed E-state index contributed by atoms with van der Waals surface area (Å²) in [6, 6.07) is 0. The van der Waals surface area contributed by atoms with E-state index in [1.165, 1.54) is 0 Å². The van der Waals surface area contributed by atoms with E-state index in [-0.39, 0.29) is 0 Å². The van der Waals surface area contributed by atoms with Crippen LogP contribution >= 0.6 is 0 Å². The highest BCUT2D eigenvalue weighted by Gasteiger charge is 3.24. The molecule has 0 saturated heterocycles. The number of carbonyl (C=O) groups is 2. The van der Waals surface area contributed by atoms with E-state index in [2.05, 4.69) is 22.6 Å². The first-order chi connectivity index (χ1) is 15.3. The predicted octanol–water partition coefficient (Wildman–Crippen LogP) is 4.58. The van der Waals surface area contributed by atoms with Gasteiger partial charge in [-0.1, -0.05) is 13.2 Å². The summed E-state index contributed by atoms with van der Waals surface area (Å²) in [4.78, 5) is 23.1. The Balaban J connectivity index is 2.74. The van der Waals surface area contributed by atoms with E-state index in [9.17, 15) is 53.5 Å². The molecule has 0 heterocycles. The Morgan fingerprint density at radius 1 is 0.600 bits per heavy atom. The standard InChI is InChI=1S/C17H8F14O4/c1-4-6(32)34-10-13(22,23)8(18)12(20,21)9(19,14(10,24)25)16(28,29)11(15(8,26)27,17(10,30)31)35-7(33)5(2)3/h4H,1-2H2,3H3. The summed E-state index contributed by atoms with van der Waals surface area (Å²) >= 11 is 0. The third-order valence-corrected chi connectivity index (χ3v) is 6.26. The van der Waals surface area contributed by atoms with Crippen LogP contribution in [0.15, 0.2) is 24.8 Å². The van der Waals surface area contributed by atoms with Gasteiger partial charge >= 0.3 is 70.0 Å². The molecule has 4 bridgehead atoms. The van der Waals surface area contributed by atoms with Crippen LogP contribution in [-0.4, -0.2) is 70.0 Å². The minimum atomic E-state index is -7.90. The largest absolute Gasteiger partial charge is 0.436 e. The summed E-state index contributed by atoms with van der Waals surface area (Å²) in [6.07, 6.45) is -0.544. The smallest absolute Gasteiger partial charge is 0.350 e. The molecule has 2 unspecified atom stereocenters. The van der Waals surface area contributed by atoms with Gasteiger partial charge in [-0.2, -0.15) is 52.7 Å². The fraction of sp³-hybridized carbons (Fsp3) is 0.647. The molecule has 4 fully saturated rings. The Morgan fingerprint density at radius 2 is 0.914 bits per heavy atom. The number of esters is 2. The van der Waals surface area contributed by atoms with Crippen molar-refractivity contribution in [3.05, 3.63) is 24.8 Å². The van der Waals surface area contributed by atoms with Crippen LogP contribution in [0.3, 0.4) is 0 Å². The van der Waals surface area contributed by atoms with Crippen molar-refractivity contribution >= 4 is 11.9 Å². The minimum absolute atomic E-state index is 0.332. The summed E-state index contributed by atoms with van der Waals surface area (Å²) in [5, 5.41) is 0. The summed E-state index contributed by atoms with van der Waals surface area (Å²) in [6.45, 7) is 5.26. The molecule has 0 aromatic carbocycles. The van der Waals surface area contributed by atoms with Crippen LogP contribution in [-0.2, 0) is 19.1 Å². The Kier molecular flexibility index (Phi) is 4.67. The first kappa shape index (κ1) is 27.0. The summed E-state index contributed by atoms with van der Waals surface area (Å²) in [5.41, 5.74) is -31.3. The van der Waals surface area contributed by atoms with Gasteiger partial charge in [0, 0.05) is 11.6 Å². The van der Waals surface area contributed by atoms with Crippen molar-refractivity contribution in [2.24, 2.45) is 0 Å². The van der Waals surface area contributed by atoms with Crippen LogP contribution in [0, 0.1) is 0 Å². The normalized spacial score (nSPS) is 42.1. The highest BCUT2D eigenvalue weighted by Crippen LogP contribution is 2.88. The second-order valence-corrected chi connectivity index (χ2v) is 7.92. The van der Waals surface area contributed by atoms with Gasteiger partial charge in [-0.25, -0.2) is 18.4 Å². The average molecular weight is 542 g/mol. The Hall–Kier alpha value is -2.56. The van der Waals surface area contributed by atoms with Gasteiger partial charge in [0.1, 0.15) is 0 Å². The Morgan fingerprint density at radius 3 is 1.20 bits per heavy atom. The van der Waals surface area contributed by atoms with Crippen LogP contribution < -0.4 is 0 Å². The topological polar surface area (TPSA) is 52.6 Å². The van der Waals surface area contributed by atoms with E-state index in [1.54, 1.807) is 0 Å². The van der Waals surface area contributed by atoms with Gasteiger partial charge in [0.25, 0.3) is 0 Å². The molecule has 2 atom stereocenters. The first-order valence-electron chi connectivity index (χ1n) is 8.67. The van der Waals surface area contributed by atoms with Crippen LogP contribution in [0.5, 0.6) is 0 Å². The molecule has 4 saturated carbocycles. The lowest BCUT2D eigenvalue weighted by Crippen LogP contribution is -3.11. The van der Waals surface area contributed by atoms with Crippen molar-refractivity contribution in [2.75, 3.05) is 0 Å². The van der Waals surface area contributed by atoms with Crippen molar-refractivity contribution in [3.8, 4) is 0 Å². The van der Waals surface area contributed by atoms with Gasteiger partial charge in [0.2, 0.25) is 0 Å². The highest BCUT2D eigenvalue weighted by molar-refractivity contribution is 5.88. The fourth-order valence-corrected chi connectivity index (χ4v) is 4.62. The van der Waals surface area contributed by atoms with Crippen molar-refractivity contribution < 1.29 is 80.5 Å². The molecular weight excluding hydrogens is 534 g/mol. The number of hydrogen-bond donors (Lipinski definition) is 0. The molecule has 0 radical (unpaired) electrons. The number of halogens is 14. The number of hydrogen-bond acceptors (Lipinski definition) is 4. The molecule has 0 amide bonds. The summed E-state index contributed by atoms with van der Waals surface area (Å²) in [5.74, 6) is -52.3. The number of ether oxygens (including phenoxy) is 2. The van der Waals surface area contributed by atoms with Crippen molar-refractivity contribution in [1.29, 1.82) is 0 Å². The molecule has 4 rings (SSSR count). The molecule has 4 aliphatic rings. The SMILES string of the molecule is C=CC(=O)OC12C(F)(F)C3(F)C(F)(F)C(F)(C1(F)F)C(F)(F)C(OC(=O)C(=C)C)(C3(F)F)C2(F)F. The third-order valence-electron chi connectivity index (χ3n) is 6.26. The highest BCUT2D eigenvalue weighted by atomic mass is 19.3. The Labute approximate surface area is 183 Å². The zero-order valence-electron chi connectivity index (χ0n) is 16.4. The van der Waals surface area contributed by atoms with E-state index < -0.39 is 81.7 Å². The zero-order valence-corrected chi connectivity index (χ0v) is 16.4. The molecule has 0 spiro atoms. The van der Waals surface area contributed by atoms with Gasteiger partial charge in [-0.3, -0.25) is 0 Å². The number of alkyl halides is 14. The summed E-state index contributed by atoms with van der Waals surface area (Å²) in [7, 11) is 0. The van der Waals surface area contributed by atoms with E-state index >= 15 is 17.6 Å². The molecule has 0 N–H and O–H groups in total. The predicted molar refractivity (Wildman–Crippen MR) is 80.0 cm³/mol. The number of rotatable bonds is 4. The van der Waals surface area contributed by atoms with Gasteiger partial charge in [0.15, 0.2) is 0 Å². The molecule has 198 valence electrons. The van der Waals surface area contributed by atoms with E-state index in [4.69, 9.17) is 0 Å². The molecule has 0 aromatic rings. The lowest BCUT2D eigenvalue weighted by molar-refractivity contribution is -0.621. The second kappa shape index (κ2) is 6.04. The molecule has 0 aromatic heterocycles. The Bertz CT molecular complexity index is 1020. The van der Waals surface area contributed by atoms with Crippen LogP contribution in [0.25, 0.3) is 0 Å². The molecular formula is C17H8F14O4. The van der Waals surface area contributed by atoms with Crippen molar-refractivity contribution in [2.45, 2.75) is 65.0 Å². The maximum absolute atomic E-state index is 15.4. The summed E-state index contributed by atoms with van der Waals surface area (Å²) < 4.78 is 216. The minimum Gasteiger partial charge on any atom is -0.436 e. The van der Waals surface area contributed by atoms with Gasteiger partial charge in [-0.05, 0) is 6.92 Å². The molecule has 0 aliphatic heterocycles. The average Bonchev–Trinajstić information content (AvgIpc) is 2.69. The second-order valence-electron chi connectivity index (χ2n) is 7.92. The lowest BCUT2D eigenvalue weighted by atomic mass is 9.39. The van der Waals surface area contributed by atoms with E-state index in [0.29, 0.717) is 6.92 Å². The van der Waals surface area contributed by atoms with Crippen molar-refractivity contribution in [1.82, 2.24) is 0 Å². The number of carbonyl (C=O) groups excluding carboxylic acids is 2. The van der Waals surface area contributed by atoms with Gasteiger partial charge < -0.3 is 9.47 Å². The third kappa shape index (κ3) is 1.85. The van der Waals surface area contributed by atoms with Crippen LogP contribution in [0.1, 0.15) is 6.92 Å². The molecule has 4 nitrogen and oxygen atoms in total. The molecule has 4 aliphatic carbocycles. The van der Waals surface area contributed by atoms with Crippen LogP contribution in [0.4, 0.5) is 61.5 Å². The monoisotopic (exact) mass is 542 g/mol. The first-order valence-corrected chi connectivity index (χ1v) is 8.67. The van der Waals surface area contributed by atoms with E-state index in [0.717, 1.165) is 0 Å². The molecule has 35 heavy (non-hydrogen) atoms. The maximum atomic E-state index is 15.4. The van der Waals surface area contributed by atoms with Crippen LogP contribution in [0.2, 0.25) is 0 Å². The fourth-order valence-electron chi connectivity index (χ4n) is 4.62. The van der Waals surface area contributed by atoms with Gasteiger partial charge in [-0.15, -0.1) is 0 Å². The van der Waals surface area contributed by atoms with Crippen molar-refractivity contribution in [3.63, 3.8) is 0 Å². The lowest BCUT2D eigenvalue weighted by Gasteiger charge is -2.75.